The molecule has 0 aliphatic rings. The number of phosphoric acid groups is 1. The van der Waals surface area contributed by atoms with Crippen molar-refractivity contribution in [3.05, 3.63) is 48.6 Å². The minimum Gasteiger partial charge on any atom is -0.756 e. The van der Waals surface area contributed by atoms with Gasteiger partial charge in [0.25, 0.3) is 7.82 Å². The molecule has 0 heterocycles. The van der Waals surface area contributed by atoms with Crippen molar-refractivity contribution in [1.29, 1.82) is 0 Å². The Morgan fingerprint density at radius 2 is 1.06 bits per heavy atom. The fourth-order valence-electron chi connectivity index (χ4n) is 5.12. The molecule has 0 fully saturated rings. The summed E-state index contributed by atoms with van der Waals surface area (Å²) in [5.74, 6) is -0.903. The Morgan fingerprint density at radius 3 is 1.60 bits per heavy atom. The number of quaternary nitrogens is 1. The molecule has 0 aliphatic heterocycles. The molecule has 9 nitrogen and oxygen atoms in total. The van der Waals surface area contributed by atoms with Gasteiger partial charge in [-0.15, -0.1) is 0 Å². The highest BCUT2D eigenvalue weighted by Gasteiger charge is 2.21. The standard InChI is InChI=1S/C42H76NO8P/c1-6-8-10-12-14-16-18-19-20-21-22-23-25-27-29-31-33-35-42(45)51-40(39-50-52(46,47)49-37-36-43(3,4)5)38-48-41(44)34-32-30-28-26-24-17-15-13-11-9-7-2/h14,16,19-20,22-23,27,29,40H,6-13,15,17-18,21,24-26,28,30-39H2,1-5H3/b16-14-,20-19-,23-22-,29-27-/t40-/m1/s1. The zero-order valence-electron chi connectivity index (χ0n) is 33.7. The van der Waals surface area contributed by atoms with E-state index >= 15 is 0 Å². The summed E-state index contributed by atoms with van der Waals surface area (Å²) in [6.45, 7) is 4.11. The van der Waals surface area contributed by atoms with Gasteiger partial charge in [0.1, 0.15) is 19.8 Å². The molecule has 0 radical (unpaired) electrons. The number of carbonyl (C=O) groups is 2. The van der Waals surface area contributed by atoms with Crippen molar-refractivity contribution in [2.24, 2.45) is 0 Å². The molecule has 2 atom stereocenters. The van der Waals surface area contributed by atoms with E-state index in [-0.39, 0.29) is 26.1 Å². The predicted octanol–water partition coefficient (Wildman–Crippen LogP) is 10.5. The van der Waals surface area contributed by atoms with Crippen molar-refractivity contribution < 1.29 is 42.1 Å². The minimum absolute atomic E-state index is 0.0415. The molecule has 302 valence electrons. The maximum Gasteiger partial charge on any atom is 0.306 e. The van der Waals surface area contributed by atoms with E-state index in [1.54, 1.807) is 0 Å². The van der Waals surface area contributed by atoms with E-state index in [0.717, 1.165) is 38.5 Å². The van der Waals surface area contributed by atoms with Gasteiger partial charge in [-0.2, -0.15) is 0 Å². The molecule has 0 aromatic heterocycles. The van der Waals surface area contributed by atoms with Crippen LogP contribution in [0.5, 0.6) is 0 Å². The lowest BCUT2D eigenvalue weighted by molar-refractivity contribution is -0.870. The lowest BCUT2D eigenvalue weighted by atomic mass is 10.1. The Labute approximate surface area is 318 Å². The second-order valence-electron chi connectivity index (χ2n) is 14.7. The average molecular weight is 754 g/mol. The fraction of sp³-hybridized carbons (Fsp3) is 0.762. The molecule has 0 aromatic rings. The van der Waals surface area contributed by atoms with Crippen molar-refractivity contribution in [2.75, 3.05) is 47.5 Å². The Hall–Kier alpha value is -2.03. The van der Waals surface area contributed by atoms with Crippen molar-refractivity contribution in [1.82, 2.24) is 0 Å². The largest absolute Gasteiger partial charge is 0.756 e. The quantitative estimate of drug-likeness (QED) is 0.0204. The smallest absolute Gasteiger partial charge is 0.306 e. The van der Waals surface area contributed by atoms with Gasteiger partial charge in [0.2, 0.25) is 0 Å². The number of nitrogens with zero attached hydrogens (tertiary/aromatic N) is 1. The van der Waals surface area contributed by atoms with E-state index in [1.165, 1.54) is 77.0 Å². The summed E-state index contributed by atoms with van der Waals surface area (Å²) >= 11 is 0. The first kappa shape index (κ1) is 50.0. The van der Waals surface area contributed by atoms with E-state index in [1.807, 2.05) is 27.2 Å². The van der Waals surface area contributed by atoms with Gasteiger partial charge in [-0.1, -0.05) is 140 Å². The van der Waals surface area contributed by atoms with Gasteiger partial charge in [-0.3, -0.25) is 14.2 Å². The van der Waals surface area contributed by atoms with Crippen molar-refractivity contribution >= 4 is 19.8 Å². The predicted molar refractivity (Wildman–Crippen MR) is 213 cm³/mol. The van der Waals surface area contributed by atoms with Crippen LogP contribution in [0.15, 0.2) is 48.6 Å². The number of rotatable bonds is 36. The van der Waals surface area contributed by atoms with Crippen LogP contribution >= 0.6 is 7.82 Å². The van der Waals surface area contributed by atoms with E-state index in [4.69, 9.17) is 18.5 Å². The molecule has 0 amide bonds. The highest BCUT2D eigenvalue weighted by Crippen LogP contribution is 2.38. The average Bonchev–Trinajstić information content (AvgIpc) is 3.09. The first-order valence-electron chi connectivity index (χ1n) is 20.3. The topological polar surface area (TPSA) is 111 Å². The van der Waals surface area contributed by atoms with Crippen molar-refractivity contribution in [3.8, 4) is 0 Å². The third-order valence-corrected chi connectivity index (χ3v) is 9.32. The zero-order chi connectivity index (χ0) is 38.6. The molecule has 0 aromatic carbocycles. The van der Waals surface area contributed by atoms with Gasteiger partial charge < -0.3 is 27.9 Å². The summed E-state index contributed by atoms with van der Waals surface area (Å²) in [7, 11) is 1.13. The SMILES string of the molecule is CCCCC/C=C\C/C=C\C/C=C\C/C=C\CCCC(=O)O[C@H](COC(=O)CCCCCCCCCCCCC)COP(=O)([O-])OCC[N+](C)(C)C. The molecule has 0 aliphatic carbocycles. The van der Waals surface area contributed by atoms with Gasteiger partial charge in [0.15, 0.2) is 6.10 Å². The monoisotopic (exact) mass is 754 g/mol. The van der Waals surface area contributed by atoms with Crippen LogP contribution in [0.4, 0.5) is 0 Å². The number of hydrogen-bond donors (Lipinski definition) is 0. The second kappa shape index (κ2) is 34.7. The summed E-state index contributed by atoms with van der Waals surface area (Å²) in [6, 6.07) is 0. The second-order valence-corrected chi connectivity index (χ2v) is 16.1. The third kappa shape index (κ3) is 37.7. The van der Waals surface area contributed by atoms with Crippen LogP contribution in [0.1, 0.15) is 155 Å². The van der Waals surface area contributed by atoms with Gasteiger partial charge in [-0.25, -0.2) is 0 Å². The van der Waals surface area contributed by atoms with Crippen molar-refractivity contribution in [3.63, 3.8) is 0 Å². The number of carbonyl (C=O) groups excluding carboxylic acids is 2. The summed E-state index contributed by atoms with van der Waals surface area (Å²) in [6.07, 6.45) is 38.6. The van der Waals surface area contributed by atoms with E-state index < -0.39 is 32.5 Å². The summed E-state index contributed by atoms with van der Waals surface area (Å²) in [5.41, 5.74) is 0. The summed E-state index contributed by atoms with van der Waals surface area (Å²) in [5, 5.41) is 0. The number of allylic oxidation sites excluding steroid dienone is 8. The molecule has 1 unspecified atom stereocenters. The van der Waals surface area contributed by atoms with Gasteiger partial charge in [-0.05, 0) is 51.4 Å². The Kier molecular flexibility index (Phi) is 33.4. The first-order chi connectivity index (χ1) is 25.0. The number of esters is 2. The van der Waals surface area contributed by atoms with E-state index in [0.29, 0.717) is 23.9 Å². The Morgan fingerprint density at radius 1 is 0.596 bits per heavy atom. The number of likely N-dealkylation sites (N-methyl/N-ethyl adjacent to an activating group) is 1. The van der Waals surface area contributed by atoms with Crippen LogP contribution in [0.2, 0.25) is 0 Å². The van der Waals surface area contributed by atoms with Crippen LogP contribution in [-0.4, -0.2) is 70.0 Å². The fourth-order valence-corrected chi connectivity index (χ4v) is 5.84. The first-order valence-corrected chi connectivity index (χ1v) is 21.8. The summed E-state index contributed by atoms with van der Waals surface area (Å²) in [4.78, 5) is 37.3. The highest BCUT2D eigenvalue weighted by atomic mass is 31.2. The zero-order valence-corrected chi connectivity index (χ0v) is 34.6. The molecule has 0 saturated carbocycles. The maximum atomic E-state index is 12.6. The van der Waals surface area contributed by atoms with E-state index in [9.17, 15) is 19.0 Å². The number of phosphoric ester groups is 1. The van der Waals surface area contributed by atoms with Crippen LogP contribution in [0.3, 0.4) is 0 Å². The molecule has 0 bridgehead atoms. The van der Waals surface area contributed by atoms with Crippen LogP contribution < -0.4 is 4.89 Å². The maximum absolute atomic E-state index is 12.6. The molecule has 10 heteroatoms. The number of ether oxygens (including phenoxy) is 2. The molecule has 0 rings (SSSR count). The lowest BCUT2D eigenvalue weighted by Gasteiger charge is -2.28. The molecule has 0 spiro atoms. The Balaban J connectivity index is 4.52. The molecule has 0 saturated heterocycles. The highest BCUT2D eigenvalue weighted by molar-refractivity contribution is 7.45. The van der Waals surface area contributed by atoms with Crippen LogP contribution in [0, 0.1) is 0 Å². The van der Waals surface area contributed by atoms with Gasteiger partial charge in [0.05, 0.1) is 27.7 Å². The number of hydrogen-bond acceptors (Lipinski definition) is 8. The lowest BCUT2D eigenvalue weighted by Crippen LogP contribution is -2.37. The summed E-state index contributed by atoms with van der Waals surface area (Å²) < 4.78 is 33.7. The normalized spacial score (nSPS) is 14.2. The molecule has 0 N–H and O–H groups in total. The van der Waals surface area contributed by atoms with Gasteiger partial charge >= 0.3 is 11.9 Å². The van der Waals surface area contributed by atoms with Crippen LogP contribution in [-0.2, 0) is 32.7 Å². The van der Waals surface area contributed by atoms with Crippen LogP contribution in [0.25, 0.3) is 0 Å². The number of unbranched alkanes of at least 4 members (excludes halogenated alkanes) is 14. The molecular weight excluding hydrogens is 677 g/mol. The van der Waals surface area contributed by atoms with E-state index in [2.05, 4.69) is 56.4 Å². The minimum atomic E-state index is -4.63. The van der Waals surface area contributed by atoms with Gasteiger partial charge in [0, 0.05) is 12.8 Å². The molecule has 52 heavy (non-hydrogen) atoms. The molecular formula is C42H76NO8P. The third-order valence-electron chi connectivity index (χ3n) is 8.35. The van der Waals surface area contributed by atoms with Crippen molar-refractivity contribution in [2.45, 2.75) is 161 Å². The Bertz CT molecular complexity index is 1030.